The molecule has 0 aliphatic rings. The van der Waals surface area contributed by atoms with Gasteiger partial charge < -0.3 is 15.1 Å². The molecule has 0 bridgehead atoms. The Labute approximate surface area is 151 Å². The monoisotopic (exact) mass is 346 g/mol. The van der Waals surface area contributed by atoms with Crippen molar-refractivity contribution in [1.82, 2.24) is 5.32 Å². The van der Waals surface area contributed by atoms with Crippen LogP contribution in [0.25, 0.3) is 6.08 Å². The average Bonchev–Trinajstić information content (AvgIpc) is 3.15. The van der Waals surface area contributed by atoms with E-state index in [1.807, 2.05) is 37.3 Å². The molecule has 0 fully saturated rings. The van der Waals surface area contributed by atoms with Crippen LogP contribution in [0.5, 0.6) is 0 Å². The van der Waals surface area contributed by atoms with Crippen LogP contribution >= 0.6 is 0 Å². The normalized spacial score (nSPS) is 11.0. The maximum absolute atomic E-state index is 12.6. The molecule has 2 aromatic carbocycles. The van der Waals surface area contributed by atoms with Gasteiger partial charge in [-0.3, -0.25) is 9.59 Å². The number of carbonyl (C=O) groups is 2. The lowest BCUT2D eigenvalue weighted by Crippen LogP contribution is -2.30. The van der Waals surface area contributed by atoms with Crippen LogP contribution in [0.1, 0.15) is 21.7 Å². The Morgan fingerprint density at radius 3 is 2.31 bits per heavy atom. The largest absolute Gasteiger partial charge is 0.465 e. The number of furan rings is 1. The zero-order valence-corrected chi connectivity index (χ0v) is 14.2. The third-order valence-corrected chi connectivity index (χ3v) is 3.67. The molecule has 1 aromatic heterocycles. The van der Waals surface area contributed by atoms with E-state index in [-0.39, 0.29) is 11.6 Å². The molecule has 130 valence electrons. The number of carbonyl (C=O) groups excluding carboxylic acids is 2. The van der Waals surface area contributed by atoms with Crippen molar-refractivity contribution in [3.63, 3.8) is 0 Å². The summed E-state index contributed by atoms with van der Waals surface area (Å²) in [6, 6.07) is 19.5. The van der Waals surface area contributed by atoms with E-state index in [2.05, 4.69) is 10.6 Å². The molecule has 2 amide bonds. The molecule has 0 saturated carbocycles. The number of nitrogens with one attached hydrogen (secondary N) is 2. The van der Waals surface area contributed by atoms with Gasteiger partial charge >= 0.3 is 0 Å². The van der Waals surface area contributed by atoms with Gasteiger partial charge in [-0.15, -0.1) is 0 Å². The number of hydrogen-bond acceptors (Lipinski definition) is 3. The Morgan fingerprint density at radius 1 is 0.923 bits per heavy atom. The second-order valence-electron chi connectivity index (χ2n) is 5.71. The summed E-state index contributed by atoms with van der Waals surface area (Å²) in [5, 5.41) is 5.42. The first kappa shape index (κ1) is 17.2. The standard InChI is InChI=1S/C21H18N2O3/c1-15-9-11-16(12-10-15)20(24)23-19(14-18-8-5-13-26-18)21(25)22-17-6-3-2-4-7-17/h2-14H,1H3,(H,22,25)(H,23,24). The van der Waals surface area contributed by atoms with E-state index in [9.17, 15) is 9.59 Å². The SMILES string of the molecule is Cc1ccc(C(=O)NC(=Cc2ccco2)C(=O)Nc2ccccc2)cc1. The van der Waals surface area contributed by atoms with Crippen LogP contribution in [0.15, 0.2) is 83.1 Å². The van der Waals surface area contributed by atoms with E-state index in [4.69, 9.17) is 4.42 Å². The number of benzene rings is 2. The predicted octanol–water partition coefficient (Wildman–Crippen LogP) is 4.00. The van der Waals surface area contributed by atoms with Crippen LogP contribution in [0.3, 0.4) is 0 Å². The Hall–Kier alpha value is -3.60. The molecular formula is C21H18N2O3. The van der Waals surface area contributed by atoms with Crippen molar-refractivity contribution in [3.05, 3.63) is 95.6 Å². The average molecular weight is 346 g/mol. The molecule has 0 aliphatic heterocycles. The van der Waals surface area contributed by atoms with Gasteiger partial charge in [0, 0.05) is 17.3 Å². The fourth-order valence-corrected chi connectivity index (χ4v) is 2.29. The second kappa shape index (κ2) is 7.98. The molecule has 0 radical (unpaired) electrons. The van der Waals surface area contributed by atoms with E-state index in [1.54, 1.807) is 36.4 Å². The highest BCUT2D eigenvalue weighted by Gasteiger charge is 2.15. The molecule has 0 aliphatic carbocycles. The van der Waals surface area contributed by atoms with Gasteiger partial charge in [-0.1, -0.05) is 35.9 Å². The van der Waals surface area contributed by atoms with Crippen molar-refractivity contribution >= 4 is 23.6 Å². The molecule has 0 unspecified atom stereocenters. The Kier molecular flexibility index (Phi) is 5.29. The van der Waals surface area contributed by atoms with E-state index in [0.29, 0.717) is 17.0 Å². The van der Waals surface area contributed by atoms with E-state index in [1.165, 1.54) is 12.3 Å². The van der Waals surface area contributed by atoms with Gasteiger partial charge in [0.2, 0.25) is 0 Å². The smallest absolute Gasteiger partial charge is 0.272 e. The molecule has 5 nitrogen and oxygen atoms in total. The highest BCUT2D eigenvalue weighted by atomic mass is 16.3. The third kappa shape index (κ3) is 4.48. The van der Waals surface area contributed by atoms with Crippen molar-refractivity contribution in [2.24, 2.45) is 0 Å². The van der Waals surface area contributed by atoms with Crippen molar-refractivity contribution < 1.29 is 14.0 Å². The fraction of sp³-hybridized carbons (Fsp3) is 0.0476. The van der Waals surface area contributed by atoms with Crippen molar-refractivity contribution in [2.75, 3.05) is 5.32 Å². The molecule has 3 aromatic rings. The fourth-order valence-electron chi connectivity index (χ4n) is 2.29. The first-order valence-electron chi connectivity index (χ1n) is 8.11. The Balaban J connectivity index is 1.82. The molecule has 0 spiro atoms. The molecule has 0 atom stereocenters. The first-order chi connectivity index (χ1) is 12.6. The van der Waals surface area contributed by atoms with E-state index >= 15 is 0 Å². The van der Waals surface area contributed by atoms with Crippen molar-refractivity contribution in [2.45, 2.75) is 6.92 Å². The zero-order chi connectivity index (χ0) is 18.4. The van der Waals surface area contributed by atoms with Gasteiger partial charge in [-0.25, -0.2) is 0 Å². The van der Waals surface area contributed by atoms with Crippen LogP contribution in [-0.2, 0) is 4.79 Å². The zero-order valence-electron chi connectivity index (χ0n) is 14.2. The van der Waals surface area contributed by atoms with Crippen molar-refractivity contribution in [3.8, 4) is 0 Å². The van der Waals surface area contributed by atoms with Gasteiger partial charge in [0.1, 0.15) is 11.5 Å². The highest BCUT2D eigenvalue weighted by Crippen LogP contribution is 2.11. The van der Waals surface area contributed by atoms with Crippen LogP contribution in [0, 0.1) is 6.92 Å². The summed E-state index contributed by atoms with van der Waals surface area (Å²) >= 11 is 0. The summed E-state index contributed by atoms with van der Waals surface area (Å²) in [4.78, 5) is 25.1. The van der Waals surface area contributed by atoms with Crippen LogP contribution < -0.4 is 10.6 Å². The summed E-state index contributed by atoms with van der Waals surface area (Å²) in [5.74, 6) is -0.341. The lowest BCUT2D eigenvalue weighted by Gasteiger charge is -2.11. The van der Waals surface area contributed by atoms with Gasteiger partial charge in [0.15, 0.2) is 0 Å². The van der Waals surface area contributed by atoms with Gasteiger partial charge in [0.05, 0.1) is 6.26 Å². The van der Waals surface area contributed by atoms with Gasteiger partial charge in [-0.05, 0) is 43.3 Å². The summed E-state index contributed by atoms with van der Waals surface area (Å²) in [6.45, 7) is 1.94. The topological polar surface area (TPSA) is 71.3 Å². The highest BCUT2D eigenvalue weighted by molar-refractivity contribution is 6.10. The Bertz CT molecular complexity index is 912. The summed E-state index contributed by atoms with van der Waals surface area (Å²) in [7, 11) is 0. The molecule has 5 heteroatoms. The summed E-state index contributed by atoms with van der Waals surface area (Å²) in [6.07, 6.45) is 2.99. The third-order valence-electron chi connectivity index (χ3n) is 3.67. The van der Waals surface area contributed by atoms with Crippen LogP contribution in [0.2, 0.25) is 0 Å². The van der Waals surface area contributed by atoms with Gasteiger partial charge in [0.25, 0.3) is 11.8 Å². The first-order valence-corrected chi connectivity index (χ1v) is 8.11. The van der Waals surface area contributed by atoms with Crippen LogP contribution in [-0.4, -0.2) is 11.8 Å². The molecule has 2 N–H and O–H groups in total. The van der Waals surface area contributed by atoms with Crippen LogP contribution in [0.4, 0.5) is 5.69 Å². The molecule has 26 heavy (non-hydrogen) atoms. The lowest BCUT2D eigenvalue weighted by atomic mass is 10.1. The van der Waals surface area contributed by atoms with Gasteiger partial charge in [-0.2, -0.15) is 0 Å². The maximum Gasteiger partial charge on any atom is 0.272 e. The Morgan fingerprint density at radius 2 is 1.65 bits per heavy atom. The lowest BCUT2D eigenvalue weighted by molar-refractivity contribution is -0.113. The molecule has 1 heterocycles. The number of hydrogen-bond donors (Lipinski definition) is 2. The quantitative estimate of drug-likeness (QED) is 0.686. The van der Waals surface area contributed by atoms with Crippen molar-refractivity contribution in [1.29, 1.82) is 0 Å². The van der Waals surface area contributed by atoms with E-state index in [0.717, 1.165) is 5.56 Å². The molecule has 3 rings (SSSR count). The number of anilines is 1. The number of amides is 2. The minimum absolute atomic E-state index is 0.0920. The number of rotatable bonds is 5. The summed E-state index contributed by atoms with van der Waals surface area (Å²) in [5.41, 5.74) is 2.24. The molecular weight excluding hydrogens is 328 g/mol. The number of para-hydroxylation sites is 1. The number of aryl methyl sites for hydroxylation is 1. The van der Waals surface area contributed by atoms with E-state index < -0.39 is 5.91 Å². The minimum Gasteiger partial charge on any atom is -0.465 e. The summed E-state index contributed by atoms with van der Waals surface area (Å²) < 4.78 is 5.26. The predicted molar refractivity (Wildman–Crippen MR) is 100 cm³/mol. The second-order valence-corrected chi connectivity index (χ2v) is 5.71. The maximum atomic E-state index is 12.6. The minimum atomic E-state index is -0.437. The molecule has 0 saturated heterocycles.